The largest absolute Gasteiger partial charge is 0.384 e. The summed E-state index contributed by atoms with van der Waals surface area (Å²) in [5.74, 6) is -1.00. The molecule has 1 unspecified atom stereocenters. The van der Waals surface area contributed by atoms with Crippen molar-refractivity contribution in [3.63, 3.8) is 0 Å². The highest BCUT2D eigenvalue weighted by atomic mass is 19.3. The Bertz CT molecular complexity index is 2290. The first-order valence-corrected chi connectivity index (χ1v) is 21.2. The van der Waals surface area contributed by atoms with Gasteiger partial charge in [-0.25, -0.2) is 18.3 Å². The maximum Gasteiger partial charge on any atom is 0.284 e. The van der Waals surface area contributed by atoms with Crippen molar-refractivity contribution in [3.8, 4) is 0 Å². The summed E-state index contributed by atoms with van der Waals surface area (Å²) in [7, 11) is 2.09. The number of hydrogen-bond donors (Lipinski definition) is 4. The van der Waals surface area contributed by atoms with Gasteiger partial charge in [-0.05, 0) is 94.9 Å². The van der Waals surface area contributed by atoms with Crippen LogP contribution in [0.2, 0.25) is 0 Å². The van der Waals surface area contributed by atoms with E-state index in [0.29, 0.717) is 55.2 Å². The van der Waals surface area contributed by atoms with Crippen LogP contribution in [0.1, 0.15) is 113 Å². The fourth-order valence-corrected chi connectivity index (χ4v) is 8.46. The number of fused-ring (bicyclic) bond motifs is 2. The van der Waals surface area contributed by atoms with Gasteiger partial charge in [0.05, 0.1) is 29.1 Å². The summed E-state index contributed by atoms with van der Waals surface area (Å²) in [5.41, 5.74) is 1.02. The van der Waals surface area contributed by atoms with Crippen LogP contribution in [-0.4, -0.2) is 116 Å². The lowest BCUT2D eigenvalue weighted by atomic mass is 9.86. The summed E-state index contributed by atoms with van der Waals surface area (Å²) in [4.78, 5) is 71.5. The summed E-state index contributed by atoms with van der Waals surface area (Å²) in [6.07, 6.45) is 9.23. The van der Waals surface area contributed by atoms with Crippen LogP contribution in [0.25, 0.3) is 5.65 Å². The first-order chi connectivity index (χ1) is 29.5. The van der Waals surface area contributed by atoms with E-state index in [0.717, 1.165) is 56.6 Å². The molecular formula is C42H51F2N11O6. The molecule has 2 aliphatic heterocycles. The standard InChI is InChI=1S/C42H51F2N11O6/c1-52(17-4-20-61-19-3-16-45-30-6-2-5-28-35(30)42(60)55(41(28)59)32-13-14-34(56)50-40(32)58)23-26-9-11-27(12-10-26)54-24-31(36(51-54)37(43)44)48-39(57)29-22-47-53-18-15-33(49-38(29)53)46-21-25-7-8-25/h2,5-6,15,18,22,24-27,32,37,45H,3-4,7-14,16-17,19-21,23H2,1H3,(H,46,49)(H,48,57)(H,50,56,58)/t26-,27-,32?. The van der Waals surface area contributed by atoms with Crippen molar-refractivity contribution in [1.29, 1.82) is 0 Å². The minimum absolute atomic E-state index is 0.0173. The zero-order chi connectivity index (χ0) is 42.6. The first-order valence-electron chi connectivity index (χ1n) is 21.2. The van der Waals surface area contributed by atoms with Crippen LogP contribution in [0.4, 0.5) is 26.0 Å². The molecule has 4 aliphatic rings. The number of rotatable bonds is 19. The molecule has 1 aromatic carbocycles. The number of imide groups is 2. The number of benzene rings is 1. The van der Waals surface area contributed by atoms with Gasteiger partial charge in [0, 0.05) is 63.9 Å². The van der Waals surface area contributed by atoms with E-state index in [4.69, 9.17) is 4.74 Å². The van der Waals surface area contributed by atoms with Crippen LogP contribution >= 0.6 is 0 Å². The number of halogens is 2. The highest BCUT2D eigenvalue weighted by Gasteiger charge is 2.45. The van der Waals surface area contributed by atoms with Crippen molar-refractivity contribution in [2.24, 2.45) is 11.8 Å². The van der Waals surface area contributed by atoms with Crippen molar-refractivity contribution >= 4 is 52.4 Å². The number of hydrogen-bond acceptors (Lipinski definition) is 12. The molecule has 61 heavy (non-hydrogen) atoms. The van der Waals surface area contributed by atoms with E-state index in [1.54, 1.807) is 35.1 Å². The topological polar surface area (TPSA) is 197 Å². The zero-order valence-corrected chi connectivity index (χ0v) is 34.1. The Balaban J connectivity index is 0.733. The molecule has 2 saturated carbocycles. The third-order valence-electron chi connectivity index (χ3n) is 11.9. The van der Waals surface area contributed by atoms with Crippen molar-refractivity contribution in [1.82, 2.24) is 39.5 Å². The molecule has 1 saturated heterocycles. The van der Waals surface area contributed by atoms with Gasteiger partial charge in [-0.2, -0.15) is 10.2 Å². The second-order valence-electron chi connectivity index (χ2n) is 16.5. The van der Waals surface area contributed by atoms with Gasteiger partial charge >= 0.3 is 0 Å². The minimum Gasteiger partial charge on any atom is -0.384 e. The third-order valence-corrected chi connectivity index (χ3v) is 11.9. The average molecular weight is 844 g/mol. The number of nitrogens with zero attached hydrogens (tertiary/aromatic N) is 7. The highest BCUT2D eigenvalue weighted by molar-refractivity contribution is 6.25. The molecule has 2 aliphatic carbocycles. The lowest BCUT2D eigenvalue weighted by Crippen LogP contribution is -2.54. The van der Waals surface area contributed by atoms with Crippen LogP contribution in [0.5, 0.6) is 0 Å². The van der Waals surface area contributed by atoms with E-state index >= 15 is 0 Å². The van der Waals surface area contributed by atoms with Gasteiger partial charge in [0.25, 0.3) is 24.1 Å². The molecule has 0 radical (unpaired) electrons. The van der Waals surface area contributed by atoms with E-state index in [2.05, 4.69) is 48.4 Å². The monoisotopic (exact) mass is 843 g/mol. The van der Waals surface area contributed by atoms with Gasteiger partial charge < -0.3 is 25.6 Å². The number of alkyl halides is 2. The lowest BCUT2D eigenvalue weighted by molar-refractivity contribution is -0.136. The Morgan fingerprint density at radius 2 is 1.75 bits per heavy atom. The fraction of sp³-hybridized carbons (Fsp3) is 0.524. The van der Waals surface area contributed by atoms with Gasteiger partial charge in [-0.1, -0.05) is 6.07 Å². The summed E-state index contributed by atoms with van der Waals surface area (Å²) in [6, 6.07) is 5.71. The van der Waals surface area contributed by atoms with Gasteiger partial charge in [0.15, 0.2) is 11.3 Å². The van der Waals surface area contributed by atoms with Crippen LogP contribution in [0, 0.1) is 11.8 Å². The Kier molecular flexibility index (Phi) is 12.7. The molecule has 4 N–H and O–H groups in total. The van der Waals surface area contributed by atoms with Crippen molar-refractivity contribution in [3.05, 3.63) is 65.2 Å². The molecule has 1 atom stereocenters. The second-order valence-corrected chi connectivity index (χ2v) is 16.5. The molecule has 3 aromatic heterocycles. The maximum absolute atomic E-state index is 14.2. The van der Waals surface area contributed by atoms with E-state index in [9.17, 15) is 32.8 Å². The van der Waals surface area contributed by atoms with Crippen molar-refractivity contribution in [2.75, 3.05) is 62.4 Å². The molecule has 0 bridgehead atoms. The summed E-state index contributed by atoms with van der Waals surface area (Å²) < 4.78 is 37.3. The average Bonchev–Trinajstić information content (AvgIpc) is 3.73. The van der Waals surface area contributed by atoms with Gasteiger partial charge in [-0.15, -0.1) is 0 Å². The van der Waals surface area contributed by atoms with Gasteiger partial charge in [0.2, 0.25) is 11.8 Å². The van der Waals surface area contributed by atoms with Crippen LogP contribution in [0.3, 0.4) is 0 Å². The number of ether oxygens (including phenoxy) is 1. The minimum atomic E-state index is -2.86. The van der Waals surface area contributed by atoms with Crippen molar-refractivity contribution in [2.45, 2.75) is 82.7 Å². The number of anilines is 3. The Hall–Kier alpha value is -5.82. The molecule has 0 spiro atoms. The van der Waals surface area contributed by atoms with Gasteiger partial charge in [0.1, 0.15) is 17.4 Å². The SMILES string of the molecule is CN(CCCOCCCNc1cccc2c1C(=O)N(C1CCC(=O)NC1=O)C2=O)C[C@H]1CC[C@H](n2cc(NC(=O)c3cnn4ccc(NCC5CC5)nc34)c(C(F)F)n2)CC1. The lowest BCUT2D eigenvalue weighted by Gasteiger charge is -2.31. The second kappa shape index (κ2) is 18.4. The van der Waals surface area contributed by atoms with Gasteiger partial charge in [-0.3, -0.25) is 38.9 Å². The molecule has 17 nitrogen and oxygen atoms in total. The van der Waals surface area contributed by atoms with Crippen LogP contribution in [0.15, 0.2) is 42.9 Å². The maximum atomic E-state index is 14.2. The zero-order valence-electron chi connectivity index (χ0n) is 34.1. The molecule has 3 fully saturated rings. The number of aromatic nitrogens is 5. The molecule has 5 amide bonds. The Labute approximate surface area is 350 Å². The first kappa shape index (κ1) is 41.9. The van der Waals surface area contributed by atoms with Crippen LogP contribution < -0.4 is 21.3 Å². The molecule has 19 heteroatoms. The molecule has 8 rings (SSSR count). The number of amides is 5. The molecule has 324 valence electrons. The predicted octanol–water partition coefficient (Wildman–Crippen LogP) is 4.91. The van der Waals surface area contributed by atoms with Crippen molar-refractivity contribution < 1.29 is 37.5 Å². The summed E-state index contributed by atoms with van der Waals surface area (Å²) >= 11 is 0. The number of piperidine rings is 1. The fourth-order valence-electron chi connectivity index (χ4n) is 8.46. The summed E-state index contributed by atoms with van der Waals surface area (Å²) in [6.45, 7) is 4.18. The van der Waals surface area contributed by atoms with E-state index < -0.39 is 47.7 Å². The molecule has 4 aromatic rings. The van der Waals surface area contributed by atoms with E-state index in [-0.39, 0.29) is 41.3 Å². The molecular weight excluding hydrogens is 793 g/mol. The molecule has 5 heterocycles. The number of carbonyl (C=O) groups is 5. The predicted molar refractivity (Wildman–Crippen MR) is 219 cm³/mol. The Morgan fingerprint density at radius 1 is 0.967 bits per heavy atom. The highest BCUT2D eigenvalue weighted by Crippen LogP contribution is 2.36. The Morgan fingerprint density at radius 3 is 2.52 bits per heavy atom. The quantitative estimate of drug-likeness (QED) is 0.0737. The normalized spacial score (nSPS) is 20.5. The smallest absolute Gasteiger partial charge is 0.284 e. The number of nitrogens with one attached hydrogen (secondary N) is 4. The van der Waals surface area contributed by atoms with Crippen LogP contribution in [-0.2, 0) is 14.3 Å². The number of carbonyl (C=O) groups excluding carboxylic acids is 5. The van der Waals surface area contributed by atoms with E-state index in [1.165, 1.54) is 29.8 Å². The van der Waals surface area contributed by atoms with E-state index in [1.807, 2.05) is 0 Å². The summed E-state index contributed by atoms with van der Waals surface area (Å²) in [5, 5.41) is 19.8. The third kappa shape index (κ3) is 9.57.